The third kappa shape index (κ3) is 2.59. The number of ketones is 2. The van der Waals surface area contributed by atoms with Crippen LogP contribution in [0.4, 0.5) is 0 Å². The van der Waals surface area contributed by atoms with Gasteiger partial charge in [0.25, 0.3) is 0 Å². The van der Waals surface area contributed by atoms with E-state index in [4.69, 9.17) is 10.5 Å². The lowest BCUT2D eigenvalue weighted by Crippen LogP contribution is -2.26. The normalized spacial score (nSPS) is 13.7. The van der Waals surface area contributed by atoms with Gasteiger partial charge in [-0.25, -0.2) is 14.8 Å². The number of carbonyl (C=O) groups is 3. The summed E-state index contributed by atoms with van der Waals surface area (Å²) in [7, 11) is 1.29. The van der Waals surface area contributed by atoms with Gasteiger partial charge in [0.05, 0.1) is 29.6 Å². The lowest BCUT2D eigenvalue weighted by atomic mass is 9.91. The Bertz CT molecular complexity index is 1540. The summed E-state index contributed by atoms with van der Waals surface area (Å²) < 4.78 is 4.94. The Kier molecular flexibility index (Phi) is 4.20. The molecule has 8 heteroatoms. The van der Waals surface area contributed by atoms with Gasteiger partial charge in [0.1, 0.15) is 11.4 Å². The molecule has 0 bridgehead atoms. The minimum Gasteiger partial charge on any atom is -0.464 e. The van der Waals surface area contributed by atoms with E-state index in [1.54, 1.807) is 12.1 Å². The predicted molar refractivity (Wildman–Crippen MR) is 118 cm³/mol. The van der Waals surface area contributed by atoms with E-state index in [9.17, 15) is 14.4 Å². The number of para-hydroxylation sites is 1. The van der Waals surface area contributed by atoms with Crippen LogP contribution in [0, 0.1) is 6.92 Å². The van der Waals surface area contributed by atoms with Crippen molar-refractivity contribution in [3.63, 3.8) is 0 Å². The number of carbonyl (C=O) groups excluding carboxylic acids is 3. The molecule has 0 saturated carbocycles. The van der Waals surface area contributed by atoms with Crippen molar-refractivity contribution in [2.45, 2.75) is 13.8 Å². The fourth-order valence-electron chi connectivity index (χ4n) is 4.13. The number of hydrogen-bond donors (Lipinski definition) is 2. The fourth-order valence-corrected chi connectivity index (χ4v) is 4.13. The first-order valence-electron chi connectivity index (χ1n) is 9.90. The number of nitrogens with zero attached hydrogens (tertiary/aromatic N) is 2. The quantitative estimate of drug-likeness (QED) is 0.470. The summed E-state index contributed by atoms with van der Waals surface area (Å²) in [6.07, 6.45) is 0. The molecule has 0 fully saturated rings. The van der Waals surface area contributed by atoms with E-state index in [-0.39, 0.29) is 34.0 Å². The number of fused-ring (bicyclic) bond motifs is 4. The first-order valence-corrected chi connectivity index (χ1v) is 9.90. The number of aromatic amines is 1. The molecule has 3 heterocycles. The Labute approximate surface area is 182 Å². The fraction of sp³-hybridized carbons (Fsp3) is 0.125. The lowest BCUT2D eigenvalue weighted by molar-refractivity contribution is 0.0593. The Morgan fingerprint density at radius 1 is 1.00 bits per heavy atom. The summed E-state index contributed by atoms with van der Waals surface area (Å²) in [6.45, 7) is 3.33. The van der Waals surface area contributed by atoms with E-state index in [1.165, 1.54) is 14.0 Å². The second kappa shape index (κ2) is 6.84. The molecule has 8 nitrogen and oxygen atoms in total. The van der Waals surface area contributed by atoms with Crippen molar-refractivity contribution in [2.24, 2.45) is 5.73 Å². The Morgan fingerprint density at radius 3 is 2.50 bits per heavy atom. The van der Waals surface area contributed by atoms with Crippen LogP contribution in [0.15, 0.2) is 47.7 Å². The molecule has 3 aromatic heterocycles. The van der Waals surface area contributed by atoms with Gasteiger partial charge in [-0.05, 0) is 37.6 Å². The average molecular weight is 426 g/mol. The van der Waals surface area contributed by atoms with Crippen LogP contribution >= 0.6 is 0 Å². The van der Waals surface area contributed by atoms with Gasteiger partial charge in [0, 0.05) is 21.9 Å². The van der Waals surface area contributed by atoms with Crippen LogP contribution in [0.3, 0.4) is 0 Å². The summed E-state index contributed by atoms with van der Waals surface area (Å²) in [6, 6.07) is 10.8. The van der Waals surface area contributed by atoms with Crippen LogP contribution in [0.2, 0.25) is 0 Å². The zero-order valence-electron chi connectivity index (χ0n) is 17.6. The van der Waals surface area contributed by atoms with Crippen molar-refractivity contribution in [2.75, 3.05) is 7.11 Å². The number of Topliss-reactive ketones (excluding diaryl/α,β-unsaturated/α-hetero) is 2. The van der Waals surface area contributed by atoms with E-state index in [0.717, 1.165) is 16.3 Å². The molecule has 158 valence electrons. The van der Waals surface area contributed by atoms with Crippen LogP contribution in [0.1, 0.15) is 43.8 Å². The van der Waals surface area contributed by atoms with Gasteiger partial charge in [-0.3, -0.25) is 9.59 Å². The minimum absolute atomic E-state index is 0.0261. The van der Waals surface area contributed by atoms with Gasteiger partial charge in [-0.15, -0.1) is 0 Å². The number of allylic oxidation sites excluding steroid dienone is 2. The molecule has 0 atom stereocenters. The van der Waals surface area contributed by atoms with Gasteiger partial charge in [-0.2, -0.15) is 0 Å². The van der Waals surface area contributed by atoms with Crippen LogP contribution in [-0.4, -0.2) is 39.6 Å². The van der Waals surface area contributed by atoms with E-state index >= 15 is 0 Å². The third-order valence-electron chi connectivity index (χ3n) is 5.86. The molecule has 0 unspecified atom stereocenters. The predicted octanol–water partition coefficient (Wildman–Crippen LogP) is 3.48. The molecule has 0 amide bonds. The van der Waals surface area contributed by atoms with Crippen LogP contribution in [-0.2, 0) is 4.74 Å². The Morgan fingerprint density at radius 2 is 1.75 bits per heavy atom. The number of H-pyrrole nitrogens is 1. The highest BCUT2D eigenvalue weighted by atomic mass is 16.5. The molecule has 4 aromatic rings. The van der Waals surface area contributed by atoms with Crippen molar-refractivity contribution >= 4 is 39.3 Å². The molecule has 0 aliphatic heterocycles. The van der Waals surface area contributed by atoms with Gasteiger partial charge in [0.2, 0.25) is 5.78 Å². The Balaban J connectivity index is 1.85. The SMILES string of the molecule is COC(=O)c1nc(-c2ccc3c(n2)C(=O)C(N)=C(C)C3=O)c2[nH]c3ccccc3c2c1C. The smallest absolute Gasteiger partial charge is 0.356 e. The maximum Gasteiger partial charge on any atom is 0.356 e. The third-order valence-corrected chi connectivity index (χ3v) is 5.86. The number of nitrogens with two attached hydrogens (primary N) is 1. The van der Waals surface area contributed by atoms with Crippen LogP contribution in [0.5, 0.6) is 0 Å². The number of aryl methyl sites for hydroxylation is 1. The van der Waals surface area contributed by atoms with Crippen molar-refractivity contribution in [3.05, 3.63) is 70.2 Å². The molecule has 32 heavy (non-hydrogen) atoms. The minimum atomic E-state index is -0.581. The number of nitrogens with one attached hydrogen (secondary N) is 1. The van der Waals surface area contributed by atoms with E-state index in [1.807, 2.05) is 31.2 Å². The number of aromatic nitrogens is 3. The molecule has 3 N–H and O–H groups in total. The van der Waals surface area contributed by atoms with Gasteiger partial charge in [-0.1, -0.05) is 18.2 Å². The number of hydrogen-bond acceptors (Lipinski definition) is 7. The van der Waals surface area contributed by atoms with E-state index in [2.05, 4.69) is 15.0 Å². The van der Waals surface area contributed by atoms with Crippen LogP contribution < -0.4 is 5.73 Å². The molecular formula is C24H18N4O4. The molecule has 1 aliphatic rings. The first kappa shape index (κ1) is 19.6. The number of pyridine rings is 2. The molecule has 0 saturated heterocycles. The number of ether oxygens (including phenoxy) is 1. The molecular weight excluding hydrogens is 408 g/mol. The summed E-state index contributed by atoms with van der Waals surface area (Å²) >= 11 is 0. The molecule has 1 aromatic carbocycles. The maximum atomic E-state index is 12.7. The number of benzene rings is 1. The van der Waals surface area contributed by atoms with Crippen molar-refractivity contribution in [1.82, 2.24) is 15.0 Å². The lowest BCUT2D eigenvalue weighted by Gasteiger charge is -2.16. The number of methoxy groups -OCH3 is 1. The second-order valence-electron chi connectivity index (χ2n) is 7.64. The van der Waals surface area contributed by atoms with Crippen molar-refractivity contribution in [1.29, 1.82) is 0 Å². The molecule has 5 rings (SSSR count). The highest BCUT2D eigenvalue weighted by molar-refractivity contribution is 6.25. The molecule has 0 spiro atoms. The topological polar surface area (TPSA) is 128 Å². The summed E-state index contributed by atoms with van der Waals surface area (Å²) in [5.41, 5.74) is 9.15. The average Bonchev–Trinajstić information content (AvgIpc) is 3.21. The zero-order valence-corrected chi connectivity index (χ0v) is 17.6. The van der Waals surface area contributed by atoms with E-state index < -0.39 is 11.8 Å². The van der Waals surface area contributed by atoms with Crippen molar-refractivity contribution < 1.29 is 19.1 Å². The summed E-state index contributed by atoms with van der Waals surface area (Å²) in [5, 5.41) is 1.73. The maximum absolute atomic E-state index is 12.7. The first-order chi connectivity index (χ1) is 15.3. The standard InChI is InChI=1S/C24H18N4O4/c1-10-16-12-6-4-5-7-14(12)26-21(16)20(28-18(10)24(31)32-3)15-9-8-13-19(27-15)23(30)17(25)11(2)22(13)29/h4-9,26H,25H2,1-3H3. The number of rotatable bonds is 2. The second-order valence-corrected chi connectivity index (χ2v) is 7.64. The highest BCUT2D eigenvalue weighted by Gasteiger charge is 2.31. The largest absolute Gasteiger partial charge is 0.464 e. The van der Waals surface area contributed by atoms with Gasteiger partial charge >= 0.3 is 5.97 Å². The van der Waals surface area contributed by atoms with Crippen LogP contribution in [0.25, 0.3) is 33.2 Å². The number of esters is 1. The van der Waals surface area contributed by atoms with E-state index in [0.29, 0.717) is 22.5 Å². The Hall–Kier alpha value is -4.33. The summed E-state index contributed by atoms with van der Waals surface area (Å²) in [4.78, 5) is 50.1. The van der Waals surface area contributed by atoms with Gasteiger partial charge in [0.15, 0.2) is 11.5 Å². The van der Waals surface area contributed by atoms with Crippen molar-refractivity contribution in [3.8, 4) is 11.4 Å². The van der Waals surface area contributed by atoms with Gasteiger partial charge < -0.3 is 15.5 Å². The monoisotopic (exact) mass is 426 g/mol. The highest BCUT2D eigenvalue weighted by Crippen LogP contribution is 2.36. The summed E-state index contributed by atoms with van der Waals surface area (Å²) in [5.74, 6) is -1.42. The molecule has 0 radical (unpaired) electrons. The molecule has 1 aliphatic carbocycles. The zero-order chi connectivity index (χ0) is 22.7.